The van der Waals surface area contributed by atoms with E-state index in [0.29, 0.717) is 16.9 Å². The van der Waals surface area contributed by atoms with Gasteiger partial charge in [-0.2, -0.15) is 10.2 Å². The lowest BCUT2D eigenvalue weighted by molar-refractivity contribution is 0.597. The van der Waals surface area contributed by atoms with Crippen LogP contribution >= 0.6 is 11.3 Å². The molecule has 4 aromatic rings. The number of nitrogens with one attached hydrogen (secondary N) is 2. The van der Waals surface area contributed by atoms with E-state index >= 15 is 0 Å². The van der Waals surface area contributed by atoms with Gasteiger partial charge in [-0.3, -0.25) is 0 Å². The topological polar surface area (TPSA) is 134 Å². The van der Waals surface area contributed by atoms with Gasteiger partial charge in [0.15, 0.2) is 11.6 Å². The van der Waals surface area contributed by atoms with Crippen LogP contribution in [0.3, 0.4) is 0 Å². The summed E-state index contributed by atoms with van der Waals surface area (Å²) in [7, 11) is -3.90. The number of nitrogens with zero attached hydrogens (tertiary/aromatic N) is 3. The number of nitrogens with two attached hydrogens (primary N) is 1. The van der Waals surface area contributed by atoms with Crippen LogP contribution in [0.4, 0.5) is 27.5 Å². The Kier molecular flexibility index (Phi) is 5.01. The predicted molar refractivity (Wildman–Crippen MR) is 125 cm³/mol. The minimum Gasteiger partial charge on any atom is -0.338 e. The number of hydrogen-bond acceptors (Lipinski definition) is 8. The largest absolute Gasteiger partial charge is 0.338 e. The maximum atomic E-state index is 14.4. The van der Waals surface area contributed by atoms with E-state index in [4.69, 9.17) is 5.14 Å². The Bertz CT molecular complexity index is 1580. The SMILES string of the molecule is Cc1ccc(Nc2ncc(F)c(Nc3ccc4sc5c(c4c3)C(C#N)C5)n2)cc1S(N)(=O)=O. The van der Waals surface area contributed by atoms with E-state index in [1.54, 1.807) is 30.4 Å². The van der Waals surface area contributed by atoms with E-state index in [2.05, 4.69) is 26.7 Å². The van der Waals surface area contributed by atoms with Crippen molar-refractivity contribution in [1.82, 2.24) is 9.97 Å². The Hall–Kier alpha value is -3.59. The van der Waals surface area contributed by atoms with Crippen LogP contribution in [-0.4, -0.2) is 18.4 Å². The van der Waals surface area contributed by atoms with E-state index in [9.17, 15) is 18.1 Å². The van der Waals surface area contributed by atoms with Crippen LogP contribution in [0.1, 0.15) is 21.9 Å². The number of nitriles is 1. The van der Waals surface area contributed by atoms with E-state index in [0.717, 1.165) is 28.3 Å². The summed E-state index contributed by atoms with van der Waals surface area (Å²) in [5.41, 5.74) is 2.58. The quantitative estimate of drug-likeness (QED) is 0.384. The minimum atomic E-state index is -3.90. The lowest BCUT2D eigenvalue weighted by atomic mass is 9.83. The van der Waals surface area contributed by atoms with Crippen molar-refractivity contribution in [1.29, 1.82) is 5.26 Å². The average Bonchev–Trinajstić information content (AvgIpc) is 3.02. The molecule has 2 heterocycles. The van der Waals surface area contributed by atoms with Crippen LogP contribution < -0.4 is 15.8 Å². The lowest BCUT2D eigenvalue weighted by Gasteiger charge is -2.19. The highest BCUT2D eigenvalue weighted by atomic mass is 32.2. The molecule has 0 amide bonds. The molecule has 1 unspecified atom stereocenters. The third-order valence-electron chi connectivity index (χ3n) is 5.45. The van der Waals surface area contributed by atoms with Crippen molar-refractivity contribution in [3.8, 4) is 6.07 Å². The standard InChI is InChI=1S/C22H17FN6O2S2/c1-11-2-3-14(8-19(11)33(25,30)31)28-22-26-10-16(23)21(29-22)27-13-4-5-17-15(7-13)20-12(9-24)6-18(20)32-17/h2-5,7-8,10,12H,6H2,1H3,(H2,25,30,31)(H2,26,27,28,29). The first-order valence-electron chi connectivity index (χ1n) is 9.88. The van der Waals surface area contributed by atoms with Crippen LogP contribution in [0.15, 0.2) is 47.5 Å². The summed E-state index contributed by atoms with van der Waals surface area (Å²) in [6.45, 7) is 1.64. The molecule has 0 saturated heterocycles. The van der Waals surface area contributed by atoms with Gasteiger partial charge >= 0.3 is 0 Å². The molecule has 11 heteroatoms. The van der Waals surface area contributed by atoms with E-state index < -0.39 is 15.8 Å². The Morgan fingerprint density at radius 1 is 1.21 bits per heavy atom. The van der Waals surface area contributed by atoms with Crippen LogP contribution in [0.5, 0.6) is 0 Å². The van der Waals surface area contributed by atoms with Gasteiger partial charge in [-0.1, -0.05) is 6.07 Å². The second kappa shape index (κ2) is 7.77. The molecule has 166 valence electrons. The first kappa shape index (κ1) is 21.3. The highest BCUT2D eigenvalue weighted by Gasteiger charge is 2.31. The summed E-state index contributed by atoms with van der Waals surface area (Å²) in [6, 6.07) is 12.6. The molecule has 0 fully saturated rings. The first-order valence-corrected chi connectivity index (χ1v) is 12.2. The highest BCUT2D eigenvalue weighted by Crippen LogP contribution is 2.46. The molecule has 2 aromatic heterocycles. The zero-order valence-electron chi connectivity index (χ0n) is 17.3. The fourth-order valence-electron chi connectivity index (χ4n) is 3.81. The molecule has 0 radical (unpaired) electrons. The van der Waals surface area contributed by atoms with Crippen molar-refractivity contribution in [2.24, 2.45) is 5.14 Å². The lowest BCUT2D eigenvalue weighted by Crippen LogP contribution is -2.14. The maximum Gasteiger partial charge on any atom is 0.238 e. The van der Waals surface area contributed by atoms with Crippen molar-refractivity contribution in [2.75, 3.05) is 10.6 Å². The van der Waals surface area contributed by atoms with E-state index in [1.807, 2.05) is 18.2 Å². The summed E-state index contributed by atoms with van der Waals surface area (Å²) in [5.74, 6) is -0.722. The molecule has 5 rings (SSSR count). The van der Waals surface area contributed by atoms with Crippen LogP contribution in [-0.2, 0) is 16.4 Å². The second-order valence-electron chi connectivity index (χ2n) is 7.70. The molecule has 1 aliphatic carbocycles. The molecule has 4 N–H and O–H groups in total. The summed E-state index contributed by atoms with van der Waals surface area (Å²) in [6.07, 6.45) is 1.80. The van der Waals surface area contributed by atoms with Crippen molar-refractivity contribution in [3.05, 3.63) is 64.4 Å². The Labute approximate surface area is 193 Å². The monoisotopic (exact) mass is 480 g/mol. The summed E-state index contributed by atoms with van der Waals surface area (Å²) < 4.78 is 39.1. The smallest absolute Gasteiger partial charge is 0.238 e. The molecule has 0 bridgehead atoms. The molecule has 0 spiro atoms. The van der Waals surface area contributed by atoms with Crippen molar-refractivity contribution in [2.45, 2.75) is 24.2 Å². The second-order valence-corrected chi connectivity index (χ2v) is 10.4. The van der Waals surface area contributed by atoms with Gasteiger partial charge in [0.2, 0.25) is 16.0 Å². The van der Waals surface area contributed by atoms with Gasteiger partial charge in [0.1, 0.15) is 0 Å². The number of halogens is 1. The van der Waals surface area contributed by atoms with Crippen LogP contribution in [0.2, 0.25) is 0 Å². The average molecular weight is 481 g/mol. The number of fused-ring (bicyclic) bond motifs is 3. The number of benzene rings is 2. The van der Waals surface area contributed by atoms with Gasteiger partial charge in [0.05, 0.1) is 23.1 Å². The number of anilines is 4. The number of thiophene rings is 1. The van der Waals surface area contributed by atoms with Gasteiger partial charge in [0.25, 0.3) is 0 Å². The number of primary sulfonamides is 1. The summed E-state index contributed by atoms with van der Waals surface area (Å²) in [4.78, 5) is 9.32. The molecular formula is C22H17FN6O2S2. The van der Waals surface area contributed by atoms with Gasteiger partial charge in [-0.15, -0.1) is 11.3 Å². The Morgan fingerprint density at radius 2 is 1.97 bits per heavy atom. The number of rotatable bonds is 5. The molecule has 0 saturated carbocycles. The Morgan fingerprint density at radius 3 is 2.73 bits per heavy atom. The maximum absolute atomic E-state index is 14.4. The van der Waals surface area contributed by atoms with Gasteiger partial charge in [-0.25, -0.2) is 22.9 Å². The van der Waals surface area contributed by atoms with Gasteiger partial charge < -0.3 is 10.6 Å². The molecule has 33 heavy (non-hydrogen) atoms. The zero-order chi connectivity index (χ0) is 23.3. The normalized spacial score (nSPS) is 14.9. The van der Waals surface area contributed by atoms with Crippen molar-refractivity contribution >= 4 is 54.6 Å². The van der Waals surface area contributed by atoms with Crippen molar-refractivity contribution < 1.29 is 12.8 Å². The molecule has 8 nitrogen and oxygen atoms in total. The molecule has 2 aromatic carbocycles. The number of hydrogen-bond donors (Lipinski definition) is 3. The summed E-state index contributed by atoms with van der Waals surface area (Å²) in [5, 5.41) is 21.4. The molecule has 1 aliphatic rings. The fourth-order valence-corrected chi connectivity index (χ4v) is 5.91. The number of aryl methyl sites for hydroxylation is 1. The molecule has 0 aliphatic heterocycles. The predicted octanol–water partition coefficient (Wildman–Crippen LogP) is 4.44. The van der Waals surface area contributed by atoms with Crippen molar-refractivity contribution in [3.63, 3.8) is 0 Å². The first-order chi connectivity index (χ1) is 15.7. The van der Waals surface area contributed by atoms with E-state index in [-0.39, 0.29) is 22.6 Å². The third kappa shape index (κ3) is 3.89. The molecular weight excluding hydrogens is 463 g/mol. The number of sulfonamides is 1. The van der Waals surface area contributed by atoms with Crippen LogP contribution in [0.25, 0.3) is 10.1 Å². The molecule has 1 atom stereocenters. The number of aromatic nitrogens is 2. The highest BCUT2D eigenvalue weighted by molar-refractivity contribution is 7.89. The van der Waals surface area contributed by atoms with Gasteiger partial charge in [-0.05, 0) is 53.8 Å². The van der Waals surface area contributed by atoms with Gasteiger partial charge in [0, 0.05) is 27.4 Å². The summed E-state index contributed by atoms with van der Waals surface area (Å²) >= 11 is 1.67. The Balaban J connectivity index is 1.43. The fraction of sp³-hybridized carbons (Fsp3) is 0.136. The third-order valence-corrected chi connectivity index (χ3v) is 7.72. The minimum absolute atomic E-state index is 0.0238. The van der Waals surface area contributed by atoms with E-state index in [1.165, 1.54) is 10.9 Å². The zero-order valence-corrected chi connectivity index (χ0v) is 18.9. The van der Waals surface area contributed by atoms with Crippen LogP contribution in [0, 0.1) is 24.1 Å².